The molecule has 174 valence electrons. The summed E-state index contributed by atoms with van der Waals surface area (Å²) in [6.07, 6.45) is 3.57. The monoisotopic (exact) mass is 428 g/mol. The summed E-state index contributed by atoms with van der Waals surface area (Å²) in [5, 5.41) is 0. The molecule has 0 aromatic heterocycles. The molecule has 0 N–H and O–H groups in total. The normalized spacial score (nSPS) is 11.1. The van der Waals surface area contributed by atoms with E-state index in [1.807, 2.05) is 30.3 Å². The van der Waals surface area contributed by atoms with E-state index in [-0.39, 0.29) is 0 Å². The first kappa shape index (κ1) is 26.8. The molecular weight excluding hydrogens is 388 g/mol. The third kappa shape index (κ3) is 18.8. The predicted octanol–water partition coefficient (Wildman–Crippen LogP) is 3.36. The first-order valence-electron chi connectivity index (χ1n) is 11.1. The molecule has 0 atom stereocenters. The summed E-state index contributed by atoms with van der Waals surface area (Å²) in [4.78, 5) is 0. The summed E-state index contributed by atoms with van der Waals surface area (Å²) in [6, 6.07) is 9.70. The van der Waals surface area contributed by atoms with Gasteiger partial charge < -0.3 is 33.2 Å². The van der Waals surface area contributed by atoms with Gasteiger partial charge in [-0.05, 0) is 18.6 Å². The molecule has 7 heteroatoms. The Balaban J connectivity index is 1.65. The van der Waals surface area contributed by atoms with Crippen molar-refractivity contribution in [2.75, 3.05) is 85.9 Å². The Hall–Kier alpha value is -1.22. The molecule has 0 heterocycles. The van der Waals surface area contributed by atoms with Crippen LogP contribution in [-0.2, 0) is 28.4 Å². The van der Waals surface area contributed by atoms with E-state index in [9.17, 15) is 0 Å². The van der Waals surface area contributed by atoms with Crippen molar-refractivity contribution in [3.05, 3.63) is 30.3 Å². The summed E-state index contributed by atoms with van der Waals surface area (Å²) >= 11 is 0. The van der Waals surface area contributed by atoms with E-state index < -0.39 is 0 Å². The molecule has 0 aliphatic carbocycles. The minimum Gasteiger partial charge on any atom is -0.491 e. The van der Waals surface area contributed by atoms with Gasteiger partial charge in [0, 0.05) is 6.61 Å². The molecule has 0 saturated carbocycles. The summed E-state index contributed by atoms with van der Waals surface area (Å²) < 4.78 is 38.2. The maximum atomic E-state index is 5.54. The number of ether oxygens (including phenoxy) is 7. The first-order valence-corrected chi connectivity index (χ1v) is 11.1. The smallest absolute Gasteiger partial charge is 0.119 e. The molecule has 0 bridgehead atoms. The highest BCUT2D eigenvalue weighted by Gasteiger charge is 1.95. The van der Waals surface area contributed by atoms with Crippen molar-refractivity contribution in [3.8, 4) is 5.75 Å². The van der Waals surface area contributed by atoms with Crippen LogP contribution in [0.2, 0.25) is 0 Å². The maximum Gasteiger partial charge on any atom is 0.119 e. The average Bonchev–Trinajstić information content (AvgIpc) is 2.78. The Morgan fingerprint density at radius 1 is 0.467 bits per heavy atom. The second kappa shape index (κ2) is 22.5. The van der Waals surface area contributed by atoms with Crippen molar-refractivity contribution in [1.82, 2.24) is 0 Å². The van der Waals surface area contributed by atoms with E-state index in [0.29, 0.717) is 79.3 Å². The van der Waals surface area contributed by atoms with Gasteiger partial charge in [0.2, 0.25) is 0 Å². The number of para-hydroxylation sites is 1. The van der Waals surface area contributed by atoms with Crippen LogP contribution in [-0.4, -0.2) is 85.9 Å². The van der Waals surface area contributed by atoms with E-state index in [4.69, 9.17) is 33.2 Å². The van der Waals surface area contributed by atoms with Crippen LogP contribution in [0.5, 0.6) is 5.75 Å². The molecule has 1 aromatic carbocycles. The third-order valence-corrected chi connectivity index (χ3v) is 3.99. The highest BCUT2D eigenvalue weighted by molar-refractivity contribution is 5.20. The van der Waals surface area contributed by atoms with E-state index in [0.717, 1.165) is 18.8 Å². The molecule has 0 aliphatic rings. The van der Waals surface area contributed by atoms with Gasteiger partial charge in [-0.15, -0.1) is 0 Å². The van der Waals surface area contributed by atoms with Crippen LogP contribution in [0.25, 0.3) is 0 Å². The maximum absolute atomic E-state index is 5.54. The van der Waals surface area contributed by atoms with Crippen molar-refractivity contribution >= 4 is 0 Å². The molecule has 0 spiro atoms. The number of unbranched alkanes of at least 4 members (excludes halogenated alkanes) is 2. The van der Waals surface area contributed by atoms with Crippen LogP contribution in [0.15, 0.2) is 30.3 Å². The van der Waals surface area contributed by atoms with E-state index in [1.165, 1.54) is 12.8 Å². The lowest BCUT2D eigenvalue weighted by atomic mass is 10.3. The SMILES string of the molecule is CCCCCOCCOCCOCCOCCOCCOCCOc1ccccc1. The zero-order chi connectivity index (χ0) is 21.4. The second-order valence-corrected chi connectivity index (χ2v) is 6.54. The second-order valence-electron chi connectivity index (χ2n) is 6.54. The third-order valence-electron chi connectivity index (χ3n) is 3.99. The van der Waals surface area contributed by atoms with Crippen LogP contribution >= 0.6 is 0 Å². The molecule has 30 heavy (non-hydrogen) atoms. The Bertz CT molecular complexity index is 444. The number of rotatable bonds is 23. The molecule has 0 radical (unpaired) electrons. The van der Waals surface area contributed by atoms with Gasteiger partial charge in [0.15, 0.2) is 0 Å². The number of hydrogen-bond acceptors (Lipinski definition) is 7. The van der Waals surface area contributed by atoms with Gasteiger partial charge in [-0.2, -0.15) is 0 Å². The summed E-state index contributed by atoms with van der Waals surface area (Å²) in [7, 11) is 0. The Morgan fingerprint density at radius 3 is 1.30 bits per heavy atom. The quantitative estimate of drug-likeness (QED) is 0.248. The zero-order valence-electron chi connectivity index (χ0n) is 18.6. The summed E-state index contributed by atoms with van der Waals surface area (Å²) in [6.45, 7) is 9.81. The summed E-state index contributed by atoms with van der Waals surface area (Å²) in [5.41, 5.74) is 0. The van der Waals surface area contributed by atoms with Gasteiger partial charge in [-0.3, -0.25) is 0 Å². The van der Waals surface area contributed by atoms with Crippen LogP contribution < -0.4 is 4.74 Å². The molecule has 7 nitrogen and oxygen atoms in total. The lowest BCUT2D eigenvalue weighted by Gasteiger charge is -2.09. The van der Waals surface area contributed by atoms with E-state index >= 15 is 0 Å². The Morgan fingerprint density at radius 2 is 0.867 bits per heavy atom. The fourth-order valence-electron chi connectivity index (χ4n) is 2.39. The topological polar surface area (TPSA) is 64.6 Å². The highest BCUT2D eigenvalue weighted by Crippen LogP contribution is 2.07. The minimum absolute atomic E-state index is 0.533. The van der Waals surface area contributed by atoms with E-state index in [1.54, 1.807) is 0 Å². The van der Waals surface area contributed by atoms with Gasteiger partial charge in [-0.25, -0.2) is 0 Å². The van der Waals surface area contributed by atoms with Crippen LogP contribution in [0.4, 0.5) is 0 Å². The Labute approximate surface area is 181 Å². The van der Waals surface area contributed by atoms with E-state index in [2.05, 4.69) is 6.92 Å². The summed E-state index contributed by atoms with van der Waals surface area (Å²) in [5.74, 6) is 0.855. The Kier molecular flexibility index (Phi) is 20.1. The molecule has 0 fully saturated rings. The lowest BCUT2D eigenvalue weighted by Crippen LogP contribution is -2.14. The molecule has 1 aromatic rings. The van der Waals surface area contributed by atoms with Crippen molar-refractivity contribution in [3.63, 3.8) is 0 Å². The molecule has 0 saturated heterocycles. The van der Waals surface area contributed by atoms with Crippen LogP contribution in [0.1, 0.15) is 26.2 Å². The lowest BCUT2D eigenvalue weighted by molar-refractivity contribution is -0.0179. The predicted molar refractivity (Wildman–Crippen MR) is 116 cm³/mol. The van der Waals surface area contributed by atoms with Crippen molar-refractivity contribution in [2.45, 2.75) is 26.2 Å². The zero-order valence-corrected chi connectivity index (χ0v) is 18.6. The van der Waals surface area contributed by atoms with Gasteiger partial charge >= 0.3 is 0 Å². The average molecular weight is 429 g/mol. The molecule has 0 aliphatic heterocycles. The fourth-order valence-corrected chi connectivity index (χ4v) is 2.39. The first-order chi connectivity index (χ1) is 14.9. The molecule has 0 amide bonds. The van der Waals surface area contributed by atoms with Crippen molar-refractivity contribution < 1.29 is 33.2 Å². The molecule has 1 rings (SSSR count). The van der Waals surface area contributed by atoms with Gasteiger partial charge in [0.25, 0.3) is 0 Å². The minimum atomic E-state index is 0.533. The standard InChI is InChI=1S/C23H40O7/c1-2-3-7-10-24-11-12-25-13-14-26-15-16-27-17-18-28-19-20-29-21-22-30-23-8-5-4-6-9-23/h4-6,8-9H,2-3,7,10-22H2,1H3. The van der Waals surface area contributed by atoms with Gasteiger partial charge in [0.1, 0.15) is 12.4 Å². The van der Waals surface area contributed by atoms with Gasteiger partial charge in [0.05, 0.1) is 72.7 Å². The number of benzene rings is 1. The van der Waals surface area contributed by atoms with Gasteiger partial charge in [-0.1, -0.05) is 38.0 Å². The molecule has 0 unspecified atom stereocenters. The highest BCUT2D eigenvalue weighted by atomic mass is 16.6. The molecular formula is C23H40O7. The largest absolute Gasteiger partial charge is 0.491 e. The van der Waals surface area contributed by atoms with Crippen LogP contribution in [0, 0.1) is 0 Å². The number of hydrogen-bond donors (Lipinski definition) is 0. The van der Waals surface area contributed by atoms with Crippen LogP contribution in [0.3, 0.4) is 0 Å². The van der Waals surface area contributed by atoms with Crippen molar-refractivity contribution in [1.29, 1.82) is 0 Å². The fraction of sp³-hybridized carbons (Fsp3) is 0.739. The van der Waals surface area contributed by atoms with Crippen molar-refractivity contribution in [2.24, 2.45) is 0 Å².